The van der Waals surface area contributed by atoms with Gasteiger partial charge in [0.1, 0.15) is 12.4 Å². The Morgan fingerprint density at radius 1 is 0.938 bits per heavy atom. The van der Waals surface area contributed by atoms with Crippen LogP contribution in [-0.2, 0) is 16.1 Å². The first-order valence-electron chi connectivity index (χ1n) is 10.3. The second-order valence-corrected chi connectivity index (χ2v) is 7.46. The van der Waals surface area contributed by atoms with E-state index in [9.17, 15) is 9.59 Å². The first-order chi connectivity index (χ1) is 15.6. The summed E-state index contributed by atoms with van der Waals surface area (Å²) in [6.45, 7) is 2.51. The van der Waals surface area contributed by atoms with Crippen molar-refractivity contribution in [1.29, 1.82) is 0 Å². The monoisotopic (exact) mass is 428 g/mol. The third-order valence-corrected chi connectivity index (χ3v) is 5.41. The number of hydrogen-bond donors (Lipinski definition) is 2. The predicted octanol–water partition coefficient (Wildman–Crippen LogP) is 4.51. The van der Waals surface area contributed by atoms with Gasteiger partial charge >= 0.3 is 12.0 Å². The van der Waals surface area contributed by atoms with Gasteiger partial charge in [-0.3, -0.25) is 0 Å². The molecule has 2 amide bonds. The number of esters is 1. The van der Waals surface area contributed by atoms with Gasteiger partial charge in [-0.2, -0.15) is 0 Å². The molecule has 162 valence electrons. The quantitative estimate of drug-likeness (QED) is 0.567. The summed E-state index contributed by atoms with van der Waals surface area (Å²) >= 11 is 0. The van der Waals surface area contributed by atoms with Gasteiger partial charge in [0.05, 0.1) is 24.4 Å². The minimum Gasteiger partial charge on any atom is -0.489 e. The molecule has 3 aromatic carbocycles. The zero-order chi connectivity index (χ0) is 22.5. The molecule has 1 unspecified atom stereocenters. The third kappa shape index (κ3) is 4.49. The molecule has 1 aliphatic rings. The number of nitrogens with one attached hydrogen (secondary N) is 2. The number of carbonyl (C=O) groups excluding carboxylic acids is 2. The molecule has 1 aliphatic heterocycles. The van der Waals surface area contributed by atoms with Crippen LogP contribution in [0.5, 0.6) is 5.75 Å². The minimum atomic E-state index is -0.656. The van der Waals surface area contributed by atoms with Crippen LogP contribution >= 0.6 is 0 Å². The molecule has 4 rings (SSSR count). The maximum absolute atomic E-state index is 12.7. The molecule has 0 saturated heterocycles. The van der Waals surface area contributed by atoms with Gasteiger partial charge in [0.2, 0.25) is 0 Å². The molecular weight excluding hydrogens is 404 g/mol. The molecule has 3 aromatic rings. The van der Waals surface area contributed by atoms with Gasteiger partial charge in [-0.1, -0.05) is 66.7 Å². The first kappa shape index (κ1) is 21.2. The summed E-state index contributed by atoms with van der Waals surface area (Å²) in [5.41, 5.74) is 4.54. The van der Waals surface area contributed by atoms with Crippen LogP contribution in [0, 0.1) is 6.92 Å². The van der Waals surface area contributed by atoms with Crippen molar-refractivity contribution in [3.8, 4) is 5.75 Å². The Kier molecular flexibility index (Phi) is 6.22. The van der Waals surface area contributed by atoms with Gasteiger partial charge in [0.15, 0.2) is 0 Å². The number of ether oxygens (including phenoxy) is 2. The van der Waals surface area contributed by atoms with E-state index in [1.165, 1.54) is 12.7 Å². The Bertz CT molecular complexity index is 1150. The lowest BCUT2D eigenvalue weighted by Gasteiger charge is -2.29. The zero-order valence-electron chi connectivity index (χ0n) is 17.9. The van der Waals surface area contributed by atoms with Crippen LogP contribution in [-0.4, -0.2) is 19.1 Å². The summed E-state index contributed by atoms with van der Waals surface area (Å²) in [5.74, 6) is 0.186. The van der Waals surface area contributed by atoms with Gasteiger partial charge in [0.25, 0.3) is 0 Å². The third-order valence-electron chi connectivity index (χ3n) is 5.41. The van der Waals surface area contributed by atoms with Crippen molar-refractivity contribution >= 4 is 17.7 Å². The molecule has 1 heterocycles. The molecule has 1 atom stereocenters. The SMILES string of the molecule is COC(=O)C1=C(c2ccccc2)NC(=O)NC1c1ccc(OCc2ccccc2C)cc1. The number of amides is 2. The molecule has 6 heteroatoms. The lowest BCUT2D eigenvalue weighted by Crippen LogP contribution is -2.45. The summed E-state index contributed by atoms with van der Waals surface area (Å²) in [6, 6.07) is 23.6. The van der Waals surface area contributed by atoms with E-state index < -0.39 is 12.0 Å². The van der Waals surface area contributed by atoms with Crippen molar-refractivity contribution in [2.45, 2.75) is 19.6 Å². The summed E-state index contributed by atoms with van der Waals surface area (Å²) in [6.07, 6.45) is 0. The normalized spacial score (nSPS) is 15.6. The molecule has 0 bridgehead atoms. The van der Waals surface area contributed by atoms with Gasteiger partial charge in [-0.25, -0.2) is 9.59 Å². The fourth-order valence-electron chi connectivity index (χ4n) is 3.67. The van der Waals surface area contributed by atoms with Crippen LogP contribution in [0.2, 0.25) is 0 Å². The van der Waals surface area contributed by atoms with Crippen molar-refractivity contribution in [3.63, 3.8) is 0 Å². The Morgan fingerprint density at radius 2 is 1.62 bits per heavy atom. The summed E-state index contributed by atoms with van der Waals surface area (Å²) in [4.78, 5) is 25.1. The summed E-state index contributed by atoms with van der Waals surface area (Å²) in [7, 11) is 1.33. The highest BCUT2D eigenvalue weighted by Gasteiger charge is 2.34. The number of benzene rings is 3. The predicted molar refractivity (Wildman–Crippen MR) is 122 cm³/mol. The highest BCUT2D eigenvalue weighted by atomic mass is 16.5. The van der Waals surface area contributed by atoms with E-state index in [0.717, 1.165) is 16.7 Å². The molecule has 6 nitrogen and oxygen atoms in total. The van der Waals surface area contributed by atoms with E-state index in [2.05, 4.69) is 10.6 Å². The summed E-state index contributed by atoms with van der Waals surface area (Å²) < 4.78 is 11.0. The molecule has 0 saturated carbocycles. The largest absolute Gasteiger partial charge is 0.489 e. The van der Waals surface area contributed by atoms with E-state index in [0.29, 0.717) is 23.6 Å². The Labute approximate surface area is 186 Å². The molecule has 0 fully saturated rings. The molecule has 0 radical (unpaired) electrons. The second kappa shape index (κ2) is 9.39. The van der Waals surface area contributed by atoms with Crippen molar-refractivity contribution in [2.24, 2.45) is 0 Å². The lowest BCUT2D eigenvalue weighted by atomic mass is 9.92. The number of hydrogen-bond acceptors (Lipinski definition) is 4. The Hall–Kier alpha value is -4.06. The average molecular weight is 428 g/mol. The van der Waals surface area contributed by atoms with Crippen LogP contribution in [0.15, 0.2) is 84.4 Å². The number of carbonyl (C=O) groups is 2. The van der Waals surface area contributed by atoms with Crippen LogP contribution < -0.4 is 15.4 Å². The number of urea groups is 1. The maximum atomic E-state index is 12.7. The maximum Gasteiger partial charge on any atom is 0.338 e. The molecule has 0 aromatic heterocycles. The van der Waals surface area contributed by atoms with Crippen molar-refractivity contribution in [2.75, 3.05) is 7.11 Å². The minimum absolute atomic E-state index is 0.340. The summed E-state index contributed by atoms with van der Waals surface area (Å²) in [5, 5.41) is 5.59. The molecule has 32 heavy (non-hydrogen) atoms. The molecule has 0 spiro atoms. The van der Waals surface area contributed by atoms with Gasteiger partial charge in [-0.05, 0) is 41.3 Å². The smallest absolute Gasteiger partial charge is 0.338 e. The molecule has 2 N–H and O–H groups in total. The molecular formula is C26H24N2O4. The topological polar surface area (TPSA) is 76.7 Å². The fourth-order valence-corrected chi connectivity index (χ4v) is 3.67. The van der Waals surface area contributed by atoms with Crippen molar-refractivity contribution < 1.29 is 19.1 Å². The van der Waals surface area contributed by atoms with Gasteiger partial charge in [0, 0.05) is 0 Å². The fraction of sp³-hybridized carbons (Fsp3) is 0.154. The standard InChI is InChI=1S/C26H24N2O4/c1-17-8-6-7-11-20(17)16-32-21-14-12-19(13-15-21)24-22(25(29)31-2)23(27-26(30)28-24)18-9-4-3-5-10-18/h3-15,24H,16H2,1-2H3,(H2,27,28,30). The van der Waals surface area contributed by atoms with Gasteiger partial charge < -0.3 is 20.1 Å². The lowest BCUT2D eigenvalue weighted by molar-refractivity contribution is -0.136. The van der Waals surface area contributed by atoms with Crippen molar-refractivity contribution in [3.05, 3.63) is 107 Å². The Morgan fingerprint density at radius 3 is 2.31 bits per heavy atom. The highest BCUT2D eigenvalue weighted by molar-refractivity contribution is 6.04. The first-order valence-corrected chi connectivity index (χ1v) is 10.3. The number of aryl methyl sites for hydroxylation is 1. The van der Waals surface area contributed by atoms with Crippen LogP contribution in [0.1, 0.15) is 28.3 Å². The van der Waals surface area contributed by atoms with E-state index in [1.54, 1.807) is 0 Å². The average Bonchev–Trinajstić information content (AvgIpc) is 2.83. The van der Waals surface area contributed by atoms with Crippen LogP contribution in [0.3, 0.4) is 0 Å². The number of rotatable bonds is 6. The van der Waals surface area contributed by atoms with E-state index >= 15 is 0 Å². The van der Waals surface area contributed by atoms with E-state index in [1.807, 2.05) is 85.8 Å². The highest BCUT2D eigenvalue weighted by Crippen LogP contribution is 2.32. The van der Waals surface area contributed by atoms with Crippen molar-refractivity contribution in [1.82, 2.24) is 10.6 Å². The van der Waals surface area contributed by atoms with E-state index in [-0.39, 0.29) is 6.03 Å². The van der Waals surface area contributed by atoms with Crippen LogP contribution in [0.4, 0.5) is 4.79 Å². The van der Waals surface area contributed by atoms with E-state index in [4.69, 9.17) is 9.47 Å². The van der Waals surface area contributed by atoms with Gasteiger partial charge in [-0.15, -0.1) is 0 Å². The Balaban J connectivity index is 1.63. The van der Waals surface area contributed by atoms with Crippen LogP contribution in [0.25, 0.3) is 5.70 Å². The molecule has 0 aliphatic carbocycles. The second-order valence-electron chi connectivity index (χ2n) is 7.46. The zero-order valence-corrected chi connectivity index (χ0v) is 17.9. The number of methoxy groups -OCH3 is 1.